The van der Waals surface area contributed by atoms with Crippen LogP contribution in [0.3, 0.4) is 0 Å². The Bertz CT molecular complexity index is 865. The zero-order valence-electron chi connectivity index (χ0n) is 19.7. The lowest BCUT2D eigenvalue weighted by Crippen LogP contribution is -2.56. The monoisotopic (exact) mass is 423 g/mol. The molecule has 0 bridgehead atoms. The Morgan fingerprint density at radius 1 is 1.00 bits per heavy atom. The Morgan fingerprint density at radius 2 is 1.81 bits per heavy atom. The number of hydrogen-bond acceptors (Lipinski definition) is 3. The highest BCUT2D eigenvalue weighted by Gasteiger charge is 2.64. The molecule has 0 unspecified atom stereocenters. The first-order chi connectivity index (χ1) is 14.8. The van der Waals surface area contributed by atoms with Crippen LogP contribution >= 0.6 is 0 Å². The van der Waals surface area contributed by atoms with Gasteiger partial charge in [0.2, 0.25) is 0 Å². The highest BCUT2D eigenvalue weighted by molar-refractivity contribution is 5.83. The fraction of sp³-hybridized carbons (Fsp3) is 0.750. The van der Waals surface area contributed by atoms with Crippen molar-refractivity contribution in [2.75, 3.05) is 6.54 Å². The van der Waals surface area contributed by atoms with E-state index in [1.165, 1.54) is 44.9 Å². The van der Waals surface area contributed by atoms with E-state index >= 15 is 0 Å². The second kappa shape index (κ2) is 7.61. The molecule has 4 aliphatic rings. The van der Waals surface area contributed by atoms with Gasteiger partial charge in [0, 0.05) is 17.2 Å². The zero-order chi connectivity index (χ0) is 21.9. The van der Waals surface area contributed by atoms with E-state index < -0.39 is 5.60 Å². The minimum atomic E-state index is -0.719. The van der Waals surface area contributed by atoms with Crippen LogP contribution in [-0.2, 0) is 0 Å². The van der Waals surface area contributed by atoms with Crippen LogP contribution < -0.4 is 0 Å². The van der Waals surface area contributed by atoms with E-state index in [0.29, 0.717) is 17.9 Å². The first-order valence-electron chi connectivity index (χ1n) is 12.8. The van der Waals surface area contributed by atoms with Gasteiger partial charge in [0.05, 0.1) is 12.1 Å². The molecule has 0 heterocycles. The van der Waals surface area contributed by atoms with Crippen molar-refractivity contribution in [3.05, 3.63) is 29.3 Å². The fourth-order valence-corrected chi connectivity index (χ4v) is 8.74. The zero-order valence-corrected chi connectivity index (χ0v) is 19.7. The summed E-state index contributed by atoms with van der Waals surface area (Å²) in [5.74, 6) is 3.49. The molecule has 5 rings (SSSR count). The van der Waals surface area contributed by atoms with E-state index in [-0.39, 0.29) is 11.2 Å². The fourth-order valence-electron chi connectivity index (χ4n) is 8.74. The van der Waals surface area contributed by atoms with Crippen molar-refractivity contribution < 1.29 is 10.2 Å². The lowest BCUT2D eigenvalue weighted by molar-refractivity contribution is -0.147. The number of benzene rings is 1. The van der Waals surface area contributed by atoms with Crippen molar-refractivity contribution >= 4 is 6.21 Å². The van der Waals surface area contributed by atoms with Crippen molar-refractivity contribution in [2.24, 2.45) is 39.5 Å². The summed E-state index contributed by atoms with van der Waals surface area (Å²) in [4.78, 5) is 4.68. The summed E-state index contributed by atoms with van der Waals surface area (Å²) in [6.07, 6.45) is 14.7. The van der Waals surface area contributed by atoms with E-state index in [0.717, 1.165) is 48.1 Å². The average Bonchev–Trinajstić information content (AvgIpc) is 3.01. The van der Waals surface area contributed by atoms with E-state index in [1.807, 2.05) is 19.1 Å². The number of nitrogens with zero attached hydrogens (tertiary/aromatic N) is 1. The number of rotatable bonds is 3. The summed E-state index contributed by atoms with van der Waals surface area (Å²) in [6, 6.07) is 5.58. The molecule has 3 nitrogen and oxygen atoms in total. The molecule has 0 radical (unpaired) electrons. The van der Waals surface area contributed by atoms with E-state index in [4.69, 9.17) is 0 Å². The molecular formula is C28H41NO2. The summed E-state index contributed by atoms with van der Waals surface area (Å²) < 4.78 is 0. The van der Waals surface area contributed by atoms with Gasteiger partial charge in [0.15, 0.2) is 0 Å². The van der Waals surface area contributed by atoms with Gasteiger partial charge in [-0.3, -0.25) is 4.99 Å². The van der Waals surface area contributed by atoms with Crippen LogP contribution in [0.5, 0.6) is 5.75 Å². The molecule has 170 valence electrons. The topological polar surface area (TPSA) is 52.8 Å². The summed E-state index contributed by atoms with van der Waals surface area (Å²) in [5, 5.41) is 22.0. The molecule has 0 aliphatic heterocycles. The SMILES string of the molecule is Cc1ccc(O)c(C=NC[C@]2(O)CC[C@@H]3[C@@H]4CC[C@H]5CCCC[C@]5(C)[C@H]4CC[C@@]32C)c1. The molecule has 0 saturated heterocycles. The number of phenolic OH excluding ortho intramolecular Hbond substituents is 1. The van der Waals surface area contributed by atoms with Crippen molar-refractivity contribution in [3.63, 3.8) is 0 Å². The van der Waals surface area contributed by atoms with Crippen LogP contribution in [0.25, 0.3) is 0 Å². The summed E-state index contributed by atoms with van der Waals surface area (Å²) in [6.45, 7) is 7.46. The smallest absolute Gasteiger partial charge is 0.124 e. The Morgan fingerprint density at radius 3 is 2.65 bits per heavy atom. The van der Waals surface area contributed by atoms with Crippen LogP contribution in [0.1, 0.15) is 89.2 Å². The lowest BCUT2D eigenvalue weighted by atomic mass is 9.44. The van der Waals surface area contributed by atoms with Gasteiger partial charge in [-0.25, -0.2) is 0 Å². The first kappa shape index (κ1) is 21.5. The second-order valence-electron chi connectivity index (χ2n) is 12.0. The average molecular weight is 424 g/mol. The van der Waals surface area contributed by atoms with Gasteiger partial charge >= 0.3 is 0 Å². The van der Waals surface area contributed by atoms with Gasteiger partial charge in [-0.15, -0.1) is 0 Å². The number of aryl methyl sites for hydroxylation is 1. The lowest BCUT2D eigenvalue weighted by Gasteiger charge is -2.61. The van der Waals surface area contributed by atoms with E-state index in [9.17, 15) is 10.2 Å². The quantitative estimate of drug-likeness (QED) is 0.562. The molecule has 3 heteroatoms. The van der Waals surface area contributed by atoms with Crippen LogP contribution in [0.2, 0.25) is 0 Å². The maximum Gasteiger partial charge on any atom is 0.124 e. The molecule has 0 aromatic heterocycles. The van der Waals surface area contributed by atoms with Crippen LogP contribution in [0, 0.1) is 41.4 Å². The maximum absolute atomic E-state index is 11.9. The molecule has 0 spiro atoms. The van der Waals surface area contributed by atoms with Gasteiger partial charge in [-0.05, 0) is 99.5 Å². The largest absolute Gasteiger partial charge is 0.507 e. The second-order valence-corrected chi connectivity index (χ2v) is 12.0. The highest BCUT2D eigenvalue weighted by atomic mass is 16.3. The molecular weight excluding hydrogens is 382 g/mol. The maximum atomic E-state index is 11.9. The van der Waals surface area contributed by atoms with Crippen molar-refractivity contribution in [3.8, 4) is 5.75 Å². The Kier molecular flexibility index (Phi) is 5.28. The first-order valence-corrected chi connectivity index (χ1v) is 12.8. The van der Waals surface area contributed by atoms with Crippen LogP contribution in [-0.4, -0.2) is 28.6 Å². The molecule has 31 heavy (non-hydrogen) atoms. The summed E-state index contributed by atoms with van der Waals surface area (Å²) >= 11 is 0. The Hall–Kier alpha value is -1.35. The Labute approximate surface area is 188 Å². The molecule has 4 fully saturated rings. The van der Waals surface area contributed by atoms with Crippen molar-refractivity contribution in [1.82, 2.24) is 0 Å². The molecule has 4 aliphatic carbocycles. The molecule has 1 aromatic carbocycles. The summed E-state index contributed by atoms with van der Waals surface area (Å²) in [5.41, 5.74) is 1.65. The van der Waals surface area contributed by atoms with E-state index in [2.05, 4.69) is 18.8 Å². The minimum Gasteiger partial charge on any atom is -0.507 e. The minimum absolute atomic E-state index is 0.0297. The predicted molar refractivity (Wildman–Crippen MR) is 127 cm³/mol. The molecule has 7 atom stereocenters. The number of aliphatic hydroxyl groups is 1. The number of phenols is 1. The highest BCUT2D eigenvalue weighted by Crippen LogP contribution is 2.68. The van der Waals surface area contributed by atoms with Crippen LogP contribution in [0.4, 0.5) is 0 Å². The molecule has 4 saturated carbocycles. The van der Waals surface area contributed by atoms with Gasteiger partial charge in [0.1, 0.15) is 5.75 Å². The third-order valence-corrected chi connectivity index (χ3v) is 10.7. The Balaban J connectivity index is 1.35. The van der Waals surface area contributed by atoms with Gasteiger partial charge in [-0.2, -0.15) is 0 Å². The normalized spacial score (nSPS) is 44.6. The van der Waals surface area contributed by atoms with Crippen molar-refractivity contribution in [2.45, 2.75) is 90.6 Å². The third-order valence-electron chi connectivity index (χ3n) is 10.7. The number of hydrogen-bond donors (Lipinski definition) is 2. The van der Waals surface area contributed by atoms with Crippen LogP contribution in [0.15, 0.2) is 23.2 Å². The summed E-state index contributed by atoms with van der Waals surface area (Å²) in [7, 11) is 0. The molecule has 0 amide bonds. The predicted octanol–water partition coefficient (Wildman–Crippen LogP) is 6.28. The number of aliphatic imine (C=N–C) groups is 1. The third kappa shape index (κ3) is 3.29. The van der Waals surface area contributed by atoms with Gasteiger partial charge in [0.25, 0.3) is 0 Å². The van der Waals surface area contributed by atoms with Crippen molar-refractivity contribution in [1.29, 1.82) is 0 Å². The standard InChI is InChI=1S/C28H41NO2/c1-19-7-10-25(30)20(16-19)17-29-18-28(31)15-12-24-22-9-8-21-6-4-5-13-26(21,2)23(22)11-14-27(24,28)3/h7,10,16-17,21-24,30-31H,4-6,8-9,11-15,18H2,1-3H3/t21-,22-,23+,24-,26+,27+,28-/m1/s1. The number of fused-ring (bicyclic) bond motifs is 5. The van der Waals surface area contributed by atoms with Gasteiger partial charge < -0.3 is 10.2 Å². The number of aromatic hydroxyl groups is 1. The molecule has 2 N–H and O–H groups in total. The van der Waals surface area contributed by atoms with Gasteiger partial charge in [-0.1, -0.05) is 38.3 Å². The van der Waals surface area contributed by atoms with E-state index in [1.54, 1.807) is 12.3 Å². The molecule has 1 aromatic rings.